The van der Waals surface area contributed by atoms with Crippen molar-refractivity contribution in [3.63, 3.8) is 0 Å². The summed E-state index contributed by atoms with van der Waals surface area (Å²) in [5, 5.41) is 0. The summed E-state index contributed by atoms with van der Waals surface area (Å²) in [6.45, 7) is -0.973. The minimum atomic E-state index is -0.730. The van der Waals surface area contributed by atoms with Gasteiger partial charge in [0, 0.05) is 5.56 Å². The van der Waals surface area contributed by atoms with Gasteiger partial charge in [0.2, 0.25) is 0 Å². The van der Waals surface area contributed by atoms with Crippen LogP contribution in [0.1, 0.15) is 75.3 Å². The van der Waals surface area contributed by atoms with Crippen LogP contribution < -0.4 is 0 Å². The van der Waals surface area contributed by atoms with Crippen LogP contribution >= 0.6 is 0 Å². The highest BCUT2D eigenvalue weighted by Gasteiger charge is 2.30. The minimum Gasteiger partial charge on any atom is -0.251 e. The van der Waals surface area contributed by atoms with E-state index in [9.17, 15) is 13.2 Å². The number of benzene rings is 1. The molecule has 0 saturated heterocycles. The van der Waals surface area contributed by atoms with Crippen LogP contribution in [0.2, 0.25) is 0 Å². The van der Waals surface area contributed by atoms with Crippen LogP contribution in [0, 0.1) is 29.5 Å². The number of hydrogen-bond acceptors (Lipinski definition) is 0. The van der Waals surface area contributed by atoms with E-state index in [1.165, 1.54) is 57.4 Å². The van der Waals surface area contributed by atoms with Gasteiger partial charge in [-0.25, -0.2) is 8.78 Å². The Morgan fingerprint density at radius 3 is 2.18 bits per heavy atom. The zero-order valence-electron chi connectivity index (χ0n) is 17.0. The second-order valence-corrected chi connectivity index (χ2v) is 8.96. The first-order chi connectivity index (χ1) is 13.7. The second kappa shape index (κ2) is 11.1. The lowest BCUT2D eigenvalue weighted by Crippen LogP contribution is -2.25. The quantitative estimate of drug-likeness (QED) is 0.397. The fourth-order valence-corrected chi connectivity index (χ4v) is 5.33. The molecule has 2 fully saturated rings. The number of allylic oxidation sites excluding steroid dienone is 2. The van der Waals surface area contributed by atoms with Crippen LogP contribution in [0.15, 0.2) is 30.4 Å². The van der Waals surface area contributed by atoms with Crippen molar-refractivity contribution in [2.75, 3.05) is 6.67 Å². The molecule has 0 radical (unpaired) electrons. The van der Waals surface area contributed by atoms with E-state index in [4.69, 9.17) is 0 Å². The van der Waals surface area contributed by atoms with E-state index < -0.39 is 12.5 Å². The Morgan fingerprint density at radius 2 is 1.57 bits per heavy atom. The fraction of sp³-hybridized carbons (Fsp3) is 0.680. The maximum absolute atomic E-state index is 13.7. The summed E-state index contributed by atoms with van der Waals surface area (Å²) in [6, 6.07) is 4.98. The third-order valence-corrected chi connectivity index (χ3v) is 7.16. The molecule has 0 nitrogen and oxygen atoms in total. The van der Waals surface area contributed by atoms with Crippen LogP contribution in [-0.4, -0.2) is 6.67 Å². The van der Waals surface area contributed by atoms with Crippen LogP contribution in [-0.2, 0) is 13.1 Å². The Bertz CT molecular complexity index is 608. The molecule has 0 amide bonds. The van der Waals surface area contributed by atoms with Gasteiger partial charge < -0.3 is 0 Å². The van der Waals surface area contributed by atoms with Gasteiger partial charge in [0.25, 0.3) is 0 Å². The third-order valence-electron chi connectivity index (χ3n) is 7.16. The summed E-state index contributed by atoms with van der Waals surface area (Å²) in [6.07, 6.45) is 17.3. The molecule has 3 heteroatoms. The molecule has 0 unspecified atom stereocenters. The highest BCUT2D eigenvalue weighted by atomic mass is 19.1. The summed E-state index contributed by atoms with van der Waals surface area (Å²) in [5.41, 5.74) is 1.16. The molecule has 1 aromatic carbocycles. The molecule has 0 aliphatic heterocycles. The standard InChI is InChI=1S/C25H35F3/c26-16-2-1-3-19-6-11-22(12-7-19)23-13-8-20(9-14-23)4-5-21-10-15-24(18-27)25(28)17-21/h1,3,10,15,17,19-20,22-23H,2,4-9,11-14,16,18H2/b3-1+. The normalized spacial score (nSPS) is 28.7. The van der Waals surface area contributed by atoms with E-state index in [1.807, 2.05) is 12.1 Å². The number of hydrogen-bond donors (Lipinski definition) is 0. The first-order valence-corrected chi connectivity index (χ1v) is 11.3. The molecule has 2 saturated carbocycles. The van der Waals surface area contributed by atoms with Crippen LogP contribution in [0.4, 0.5) is 13.2 Å². The summed E-state index contributed by atoms with van der Waals surface area (Å²) in [7, 11) is 0. The van der Waals surface area contributed by atoms with Gasteiger partial charge in [-0.05, 0) is 93.1 Å². The maximum Gasteiger partial charge on any atom is 0.129 e. The van der Waals surface area contributed by atoms with Gasteiger partial charge in [0.1, 0.15) is 12.5 Å². The molecule has 0 N–H and O–H groups in total. The summed E-state index contributed by atoms with van der Waals surface area (Å²) in [4.78, 5) is 0. The fourth-order valence-electron chi connectivity index (χ4n) is 5.33. The molecule has 0 aromatic heterocycles. The lowest BCUT2D eigenvalue weighted by molar-refractivity contribution is 0.152. The van der Waals surface area contributed by atoms with Crippen LogP contribution in [0.5, 0.6) is 0 Å². The molecular formula is C25H35F3. The van der Waals surface area contributed by atoms with E-state index >= 15 is 0 Å². The molecule has 0 bridgehead atoms. The zero-order valence-corrected chi connectivity index (χ0v) is 17.0. The molecule has 2 aliphatic carbocycles. The Balaban J connectivity index is 1.36. The molecule has 28 heavy (non-hydrogen) atoms. The molecular weight excluding hydrogens is 357 g/mol. The molecule has 0 heterocycles. The largest absolute Gasteiger partial charge is 0.251 e. The van der Waals surface area contributed by atoms with Crippen molar-refractivity contribution in [1.82, 2.24) is 0 Å². The van der Waals surface area contributed by atoms with Gasteiger partial charge in [-0.1, -0.05) is 37.1 Å². The van der Waals surface area contributed by atoms with Crippen molar-refractivity contribution in [2.24, 2.45) is 23.7 Å². The second-order valence-electron chi connectivity index (χ2n) is 8.96. The van der Waals surface area contributed by atoms with Gasteiger partial charge >= 0.3 is 0 Å². The van der Waals surface area contributed by atoms with Gasteiger partial charge in [0.15, 0.2) is 0 Å². The first-order valence-electron chi connectivity index (χ1n) is 11.3. The first kappa shape index (κ1) is 21.5. The lowest BCUT2D eigenvalue weighted by atomic mass is 9.68. The van der Waals surface area contributed by atoms with E-state index in [1.54, 1.807) is 6.07 Å². The van der Waals surface area contributed by atoms with E-state index in [2.05, 4.69) is 6.08 Å². The molecule has 0 spiro atoms. The maximum atomic E-state index is 13.7. The summed E-state index contributed by atoms with van der Waals surface area (Å²) in [5.74, 6) is 2.78. The number of halogens is 3. The van der Waals surface area contributed by atoms with E-state index in [0.29, 0.717) is 12.3 Å². The average molecular weight is 393 g/mol. The molecule has 156 valence electrons. The van der Waals surface area contributed by atoms with Crippen LogP contribution in [0.3, 0.4) is 0 Å². The van der Waals surface area contributed by atoms with Crippen molar-refractivity contribution in [3.8, 4) is 0 Å². The van der Waals surface area contributed by atoms with Crippen molar-refractivity contribution in [3.05, 3.63) is 47.3 Å². The minimum absolute atomic E-state index is 0.164. The van der Waals surface area contributed by atoms with E-state index in [-0.39, 0.29) is 12.2 Å². The predicted octanol–water partition coefficient (Wildman–Crippen LogP) is 7.76. The van der Waals surface area contributed by atoms with Crippen molar-refractivity contribution in [2.45, 2.75) is 77.3 Å². The van der Waals surface area contributed by atoms with Gasteiger partial charge in [-0.3, -0.25) is 4.39 Å². The summed E-state index contributed by atoms with van der Waals surface area (Å²) >= 11 is 0. The third kappa shape index (κ3) is 6.12. The van der Waals surface area contributed by atoms with Crippen molar-refractivity contribution in [1.29, 1.82) is 0 Å². The lowest BCUT2D eigenvalue weighted by Gasteiger charge is -2.37. The van der Waals surface area contributed by atoms with Gasteiger partial charge in [-0.15, -0.1) is 0 Å². The Morgan fingerprint density at radius 1 is 0.893 bits per heavy atom. The Kier molecular flexibility index (Phi) is 8.48. The zero-order chi connectivity index (χ0) is 19.8. The van der Waals surface area contributed by atoms with Crippen molar-refractivity contribution < 1.29 is 13.2 Å². The highest BCUT2D eigenvalue weighted by Crippen LogP contribution is 2.42. The SMILES string of the molecule is FCC/C=C/C1CCC(C2CCC(CCc3ccc(CF)c(F)c3)CC2)CC1. The van der Waals surface area contributed by atoms with E-state index in [0.717, 1.165) is 36.2 Å². The molecule has 1 aromatic rings. The number of aryl methyl sites for hydroxylation is 1. The predicted molar refractivity (Wildman–Crippen MR) is 110 cm³/mol. The smallest absolute Gasteiger partial charge is 0.129 e. The molecule has 0 atom stereocenters. The van der Waals surface area contributed by atoms with Crippen LogP contribution in [0.25, 0.3) is 0 Å². The monoisotopic (exact) mass is 392 g/mol. The van der Waals surface area contributed by atoms with Crippen molar-refractivity contribution >= 4 is 0 Å². The average Bonchev–Trinajstić information content (AvgIpc) is 2.73. The van der Waals surface area contributed by atoms with Gasteiger partial charge in [-0.2, -0.15) is 0 Å². The Labute approximate surface area is 168 Å². The van der Waals surface area contributed by atoms with Gasteiger partial charge in [0.05, 0.1) is 6.67 Å². The topological polar surface area (TPSA) is 0 Å². The summed E-state index contributed by atoms with van der Waals surface area (Å²) < 4.78 is 38.5. The highest BCUT2D eigenvalue weighted by molar-refractivity contribution is 5.24. The Hall–Kier alpha value is -1.25. The molecule has 3 rings (SSSR count). The number of rotatable bonds is 8. The molecule has 2 aliphatic rings. The number of alkyl halides is 2.